The van der Waals surface area contributed by atoms with E-state index in [4.69, 9.17) is 16.3 Å². The molecule has 1 atom stereocenters. The van der Waals surface area contributed by atoms with Crippen molar-refractivity contribution < 1.29 is 4.74 Å². The smallest absolute Gasteiger partial charge is 0.0931 e. The minimum atomic E-state index is 0.384. The van der Waals surface area contributed by atoms with Crippen LogP contribution >= 0.6 is 22.9 Å². The molecule has 0 amide bonds. The van der Waals surface area contributed by atoms with E-state index in [1.807, 2.05) is 6.07 Å². The van der Waals surface area contributed by atoms with Gasteiger partial charge in [-0.3, -0.25) is 4.90 Å². The van der Waals surface area contributed by atoms with Gasteiger partial charge in [0.2, 0.25) is 0 Å². The highest BCUT2D eigenvalue weighted by molar-refractivity contribution is 7.16. The van der Waals surface area contributed by atoms with Crippen LogP contribution in [0, 0.1) is 6.92 Å². The summed E-state index contributed by atoms with van der Waals surface area (Å²) in [6, 6.07) is 13.3. The third-order valence-electron chi connectivity index (χ3n) is 4.18. The molecule has 1 N–H and O–H groups in total. The first-order valence-corrected chi connectivity index (χ1v) is 9.25. The van der Waals surface area contributed by atoms with Crippen molar-refractivity contribution in [3.05, 3.63) is 56.7 Å². The second-order valence-electron chi connectivity index (χ2n) is 5.91. The molecule has 1 aliphatic heterocycles. The van der Waals surface area contributed by atoms with Crippen molar-refractivity contribution in [3.63, 3.8) is 0 Å². The lowest BCUT2D eigenvalue weighted by molar-refractivity contribution is 0.0161. The summed E-state index contributed by atoms with van der Waals surface area (Å²) < 4.78 is 6.36. The quantitative estimate of drug-likeness (QED) is 0.855. The zero-order valence-electron chi connectivity index (χ0n) is 13.4. The molecule has 0 saturated carbocycles. The van der Waals surface area contributed by atoms with Gasteiger partial charge >= 0.3 is 0 Å². The van der Waals surface area contributed by atoms with Crippen LogP contribution < -0.4 is 5.32 Å². The summed E-state index contributed by atoms with van der Waals surface area (Å²) in [4.78, 5) is 3.80. The Kier molecular flexibility index (Phi) is 6.08. The molecule has 1 saturated heterocycles. The molecule has 1 aliphatic rings. The molecule has 0 radical (unpaired) electrons. The summed E-state index contributed by atoms with van der Waals surface area (Å²) in [5.41, 5.74) is 2.69. The van der Waals surface area contributed by atoms with E-state index in [-0.39, 0.29) is 0 Å². The first-order chi connectivity index (χ1) is 11.2. The Balaban J connectivity index is 1.67. The molecule has 0 spiro atoms. The summed E-state index contributed by atoms with van der Waals surface area (Å²) in [5, 5.41) is 3.60. The van der Waals surface area contributed by atoms with Crippen molar-refractivity contribution >= 4 is 22.9 Å². The van der Waals surface area contributed by atoms with Gasteiger partial charge in [0.1, 0.15) is 0 Å². The molecular formula is C18H23ClN2OS. The Hall–Kier alpha value is -0.910. The van der Waals surface area contributed by atoms with Crippen LogP contribution in [0.3, 0.4) is 0 Å². The van der Waals surface area contributed by atoms with Gasteiger partial charge in [-0.15, -0.1) is 11.3 Å². The van der Waals surface area contributed by atoms with E-state index in [1.165, 1.54) is 16.0 Å². The molecule has 124 valence electrons. The first kappa shape index (κ1) is 16.9. The van der Waals surface area contributed by atoms with Gasteiger partial charge < -0.3 is 10.1 Å². The minimum absolute atomic E-state index is 0.384. The molecule has 1 aromatic carbocycles. The van der Waals surface area contributed by atoms with Gasteiger partial charge in [-0.05, 0) is 24.6 Å². The number of hydrogen-bond acceptors (Lipinski definition) is 4. The standard InChI is InChI=1S/C18H23ClN2OS/c1-14-3-2-4-15(11-14)17(21-7-9-22-10-8-21)13-20-12-16-5-6-18(19)23-16/h2-6,11,17,20H,7-10,12-13H2,1H3. The van der Waals surface area contributed by atoms with Crippen molar-refractivity contribution in [2.75, 3.05) is 32.8 Å². The highest BCUT2D eigenvalue weighted by atomic mass is 35.5. The summed E-state index contributed by atoms with van der Waals surface area (Å²) >= 11 is 7.65. The minimum Gasteiger partial charge on any atom is -0.379 e. The predicted molar refractivity (Wildman–Crippen MR) is 97.3 cm³/mol. The molecule has 3 rings (SSSR count). The molecule has 23 heavy (non-hydrogen) atoms. The number of hydrogen-bond donors (Lipinski definition) is 1. The first-order valence-electron chi connectivity index (χ1n) is 8.05. The monoisotopic (exact) mass is 350 g/mol. The number of morpholine rings is 1. The second-order valence-corrected chi connectivity index (χ2v) is 7.71. The summed E-state index contributed by atoms with van der Waals surface area (Å²) in [6.07, 6.45) is 0. The molecular weight excluding hydrogens is 328 g/mol. The molecule has 1 fully saturated rings. The maximum atomic E-state index is 6.01. The fourth-order valence-corrected chi connectivity index (χ4v) is 4.06. The van der Waals surface area contributed by atoms with E-state index >= 15 is 0 Å². The van der Waals surface area contributed by atoms with Crippen LogP contribution in [0.15, 0.2) is 36.4 Å². The Bertz CT molecular complexity index is 625. The topological polar surface area (TPSA) is 24.5 Å². The number of nitrogens with zero attached hydrogens (tertiary/aromatic N) is 1. The highest BCUT2D eigenvalue weighted by Gasteiger charge is 2.22. The SMILES string of the molecule is Cc1cccc(C(CNCc2ccc(Cl)s2)N2CCOCC2)c1. The maximum Gasteiger partial charge on any atom is 0.0931 e. The van der Waals surface area contributed by atoms with E-state index in [0.29, 0.717) is 6.04 Å². The van der Waals surface area contributed by atoms with Crippen molar-refractivity contribution in [1.29, 1.82) is 0 Å². The predicted octanol–water partition coefficient (Wildman–Crippen LogP) is 3.87. The van der Waals surface area contributed by atoms with E-state index in [2.05, 4.69) is 47.5 Å². The van der Waals surface area contributed by atoms with Crippen LogP contribution in [0.25, 0.3) is 0 Å². The van der Waals surface area contributed by atoms with Crippen LogP contribution in [0.5, 0.6) is 0 Å². The van der Waals surface area contributed by atoms with E-state index in [9.17, 15) is 0 Å². The number of thiophene rings is 1. The van der Waals surface area contributed by atoms with Crippen LogP contribution in [-0.4, -0.2) is 37.7 Å². The van der Waals surface area contributed by atoms with Crippen LogP contribution in [0.2, 0.25) is 4.34 Å². The van der Waals surface area contributed by atoms with Gasteiger partial charge in [0.05, 0.1) is 17.6 Å². The number of halogens is 1. The Morgan fingerprint density at radius 1 is 1.26 bits per heavy atom. The number of benzene rings is 1. The maximum absolute atomic E-state index is 6.01. The Morgan fingerprint density at radius 2 is 2.09 bits per heavy atom. The average molecular weight is 351 g/mol. The van der Waals surface area contributed by atoms with Crippen molar-refractivity contribution in [2.45, 2.75) is 19.5 Å². The zero-order valence-corrected chi connectivity index (χ0v) is 15.0. The third-order valence-corrected chi connectivity index (χ3v) is 5.41. The number of aryl methyl sites for hydroxylation is 1. The third kappa shape index (κ3) is 4.78. The number of nitrogens with one attached hydrogen (secondary N) is 1. The molecule has 1 unspecified atom stereocenters. The highest BCUT2D eigenvalue weighted by Crippen LogP contribution is 2.24. The van der Waals surface area contributed by atoms with Gasteiger partial charge in [-0.2, -0.15) is 0 Å². The van der Waals surface area contributed by atoms with Crippen molar-refractivity contribution in [1.82, 2.24) is 10.2 Å². The molecule has 3 nitrogen and oxygen atoms in total. The zero-order chi connectivity index (χ0) is 16.1. The number of ether oxygens (including phenoxy) is 1. The lowest BCUT2D eigenvalue weighted by atomic mass is 10.0. The lowest BCUT2D eigenvalue weighted by Gasteiger charge is -2.35. The summed E-state index contributed by atoms with van der Waals surface area (Å²) in [6.45, 7) is 7.58. The number of rotatable bonds is 6. The van der Waals surface area contributed by atoms with Gasteiger partial charge in [-0.1, -0.05) is 41.4 Å². The van der Waals surface area contributed by atoms with Crippen LogP contribution in [-0.2, 0) is 11.3 Å². The van der Waals surface area contributed by atoms with E-state index < -0.39 is 0 Å². The molecule has 5 heteroatoms. The average Bonchev–Trinajstić information content (AvgIpc) is 2.98. The summed E-state index contributed by atoms with van der Waals surface area (Å²) in [7, 11) is 0. The fraction of sp³-hybridized carbons (Fsp3) is 0.444. The van der Waals surface area contributed by atoms with Gasteiger partial charge in [-0.25, -0.2) is 0 Å². The molecule has 0 aliphatic carbocycles. The Morgan fingerprint density at radius 3 is 2.78 bits per heavy atom. The fourth-order valence-electron chi connectivity index (χ4n) is 3.00. The second kappa shape index (κ2) is 8.27. The lowest BCUT2D eigenvalue weighted by Crippen LogP contribution is -2.42. The Labute approximate surface area is 147 Å². The van der Waals surface area contributed by atoms with Crippen LogP contribution in [0.1, 0.15) is 22.0 Å². The van der Waals surface area contributed by atoms with Gasteiger partial charge in [0.15, 0.2) is 0 Å². The van der Waals surface area contributed by atoms with Crippen molar-refractivity contribution in [3.8, 4) is 0 Å². The van der Waals surface area contributed by atoms with Crippen molar-refractivity contribution in [2.24, 2.45) is 0 Å². The van der Waals surface area contributed by atoms with Gasteiger partial charge in [0.25, 0.3) is 0 Å². The molecule has 0 bridgehead atoms. The summed E-state index contributed by atoms with van der Waals surface area (Å²) in [5.74, 6) is 0. The molecule has 2 aromatic rings. The van der Waals surface area contributed by atoms with Crippen LogP contribution in [0.4, 0.5) is 0 Å². The van der Waals surface area contributed by atoms with E-state index in [0.717, 1.165) is 43.7 Å². The van der Waals surface area contributed by atoms with Gasteiger partial charge in [0, 0.05) is 37.1 Å². The molecule has 1 aromatic heterocycles. The normalized spacial score (nSPS) is 17.3. The largest absolute Gasteiger partial charge is 0.379 e. The molecule has 2 heterocycles. The van der Waals surface area contributed by atoms with E-state index in [1.54, 1.807) is 11.3 Å².